The number of hydrogen-bond donors (Lipinski definition) is 0. The van der Waals surface area contributed by atoms with Crippen molar-refractivity contribution >= 4 is 5.97 Å². The highest BCUT2D eigenvalue weighted by molar-refractivity contribution is 5.85. The normalized spacial score (nSPS) is 18.7. The van der Waals surface area contributed by atoms with Gasteiger partial charge in [0.05, 0.1) is 5.41 Å². The van der Waals surface area contributed by atoms with Gasteiger partial charge in [0.1, 0.15) is 6.61 Å². The standard InChI is InChI=1S/C21H33NO2/c1-16(2)22(17(3)4)12-13-24-19(23)21(14-20(5,6)15-21)18-10-8-7-9-11-18/h7-11,16-17H,12-15H2,1-6H3. The minimum absolute atomic E-state index is 0.0551. The van der Waals surface area contributed by atoms with Crippen LogP contribution < -0.4 is 0 Å². The van der Waals surface area contributed by atoms with Gasteiger partial charge in [0, 0.05) is 18.6 Å². The number of hydrogen-bond acceptors (Lipinski definition) is 3. The third-order valence-electron chi connectivity index (χ3n) is 5.19. The Kier molecular flexibility index (Phi) is 5.74. The van der Waals surface area contributed by atoms with E-state index in [9.17, 15) is 4.79 Å². The number of ether oxygens (including phenoxy) is 1. The molecule has 0 saturated heterocycles. The van der Waals surface area contributed by atoms with E-state index >= 15 is 0 Å². The second-order valence-corrected chi connectivity index (χ2v) is 8.53. The molecule has 0 atom stereocenters. The van der Waals surface area contributed by atoms with Crippen molar-refractivity contribution in [3.63, 3.8) is 0 Å². The summed E-state index contributed by atoms with van der Waals surface area (Å²) in [5.41, 5.74) is 0.848. The van der Waals surface area contributed by atoms with E-state index in [1.165, 1.54) is 0 Å². The smallest absolute Gasteiger partial charge is 0.316 e. The number of carbonyl (C=O) groups is 1. The maximum absolute atomic E-state index is 12.9. The highest BCUT2D eigenvalue weighted by atomic mass is 16.5. The van der Waals surface area contributed by atoms with Crippen LogP contribution in [0.25, 0.3) is 0 Å². The zero-order valence-electron chi connectivity index (χ0n) is 16.1. The topological polar surface area (TPSA) is 29.5 Å². The van der Waals surface area contributed by atoms with E-state index in [1.807, 2.05) is 18.2 Å². The molecule has 134 valence electrons. The first-order chi connectivity index (χ1) is 11.2. The first kappa shape index (κ1) is 19.0. The summed E-state index contributed by atoms with van der Waals surface area (Å²) in [5, 5.41) is 0. The molecule has 3 heteroatoms. The molecule has 0 bridgehead atoms. The minimum atomic E-state index is -0.453. The van der Waals surface area contributed by atoms with Crippen molar-refractivity contribution in [3.05, 3.63) is 35.9 Å². The van der Waals surface area contributed by atoms with Crippen molar-refractivity contribution < 1.29 is 9.53 Å². The van der Waals surface area contributed by atoms with Crippen molar-refractivity contribution in [3.8, 4) is 0 Å². The molecular formula is C21H33NO2. The van der Waals surface area contributed by atoms with Gasteiger partial charge in [-0.05, 0) is 51.5 Å². The second kappa shape index (κ2) is 7.26. The van der Waals surface area contributed by atoms with E-state index in [2.05, 4.69) is 58.6 Å². The molecule has 1 aromatic rings. The molecule has 3 nitrogen and oxygen atoms in total. The third kappa shape index (κ3) is 4.00. The van der Waals surface area contributed by atoms with Gasteiger partial charge in [0.15, 0.2) is 0 Å². The highest BCUT2D eigenvalue weighted by Crippen LogP contribution is 2.55. The Morgan fingerprint density at radius 3 is 2.08 bits per heavy atom. The molecule has 1 aromatic carbocycles. The molecule has 0 amide bonds. The zero-order chi connectivity index (χ0) is 18.0. The Hall–Kier alpha value is -1.35. The number of carbonyl (C=O) groups excluding carboxylic acids is 1. The Balaban J connectivity index is 2.03. The predicted molar refractivity (Wildman–Crippen MR) is 99.1 cm³/mol. The predicted octanol–water partition coefficient (Wildman–Crippen LogP) is 4.41. The maximum atomic E-state index is 12.9. The van der Waals surface area contributed by atoms with E-state index in [0.29, 0.717) is 18.7 Å². The average molecular weight is 332 g/mol. The van der Waals surface area contributed by atoms with Crippen LogP contribution in [0.15, 0.2) is 30.3 Å². The number of nitrogens with zero attached hydrogens (tertiary/aromatic N) is 1. The molecule has 1 saturated carbocycles. The van der Waals surface area contributed by atoms with Gasteiger partial charge < -0.3 is 4.74 Å². The molecule has 0 N–H and O–H groups in total. The number of benzene rings is 1. The van der Waals surface area contributed by atoms with Gasteiger partial charge in [-0.15, -0.1) is 0 Å². The van der Waals surface area contributed by atoms with Gasteiger partial charge in [0.2, 0.25) is 0 Å². The van der Waals surface area contributed by atoms with Crippen LogP contribution >= 0.6 is 0 Å². The van der Waals surface area contributed by atoms with Crippen molar-refractivity contribution in [2.75, 3.05) is 13.2 Å². The molecule has 24 heavy (non-hydrogen) atoms. The lowest BCUT2D eigenvalue weighted by Gasteiger charge is -2.51. The summed E-state index contributed by atoms with van der Waals surface area (Å²) < 4.78 is 5.75. The molecule has 0 unspecified atom stereocenters. The van der Waals surface area contributed by atoms with Gasteiger partial charge in [-0.3, -0.25) is 9.69 Å². The Bertz CT molecular complexity index is 532. The van der Waals surface area contributed by atoms with Crippen molar-refractivity contribution in [2.24, 2.45) is 5.41 Å². The summed E-state index contributed by atoms with van der Waals surface area (Å²) in [6, 6.07) is 11.0. The van der Waals surface area contributed by atoms with Crippen LogP contribution in [0.5, 0.6) is 0 Å². The van der Waals surface area contributed by atoms with Crippen LogP contribution in [0.4, 0.5) is 0 Å². The van der Waals surface area contributed by atoms with Gasteiger partial charge in [-0.25, -0.2) is 0 Å². The lowest BCUT2D eigenvalue weighted by atomic mass is 9.52. The van der Waals surface area contributed by atoms with E-state index < -0.39 is 5.41 Å². The fourth-order valence-corrected chi connectivity index (χ4v) is 4.30. The lowest BCUT2D eigenvalue weighted by Crippen LogP contribution is -2.53. The lowest BCUT2D eigenvalue weighted by molar-refractivity contribution is -0.161. The molecule has 0 heterocycles. The molecule has 0 aromatic heterocycles. The van der Waals surface area contributed by atoms with Crippen molar-refractivity contribution in [2.45, 2.75) is 71.9 Å². The van der Waals surface area contributed by atoms with E-state index in [1.54, 1.807) is 0 Å². The van der Waals surface area contributed by atoms with Gasteiger partial charge in [0.25, 0.3) is 0 Å². The zero-order valence-corrected chi connectivity index (χ0v) is 16.1. The summed E-state index contributed by atoms with van der Waals surface area (Å²) in [6.07, 6.45) is 1.72. The first-order valence-corrected chi connectivity index (χ1v) is 9.16. The summed E-state index contributed by atoms with van der Waals surface area (Å²) in [4.78, 5) is 15.3. The second-order valence-electron chi connectivity index (χ2n) is 8.53. The number of rotatable bonds is 7. The molecular weight excluding hydrogens is 298 g/mol. The molecule has 1 fully saturated rings. The molecule has 1 aliphatic carbocycles. The Morgan fingerprint density at radius 2 is 1.62 bits per heavy atom. The van der Waals surface area contributed by atoms with Crippen LogP contribution in [-0.4, -0.2) is 36.1 Å². The molecule has 0 radical (unpaired) electrons. The molecule has 2 rings (SSSR count). The molecule has 0 aliphatic heterocycles. The van der Waals surface area contributed by atoms with E-state index in [-0.39, 0.29) is 11.4 Å². The first-order valence-electron chi connectivity index (χ1n) is 9.16. The van der Waals surface area contributed by atoms with Crippen molar-refractivity contribution in [1.29, 1.82) is 0 Å². The van der Waals surface area contributed by atoms with Crippen molar-refractivity contribution in [1.82, 2.24) is 4.90 Å². The van der Waals surface area contributed by atoms with Gasteiger partial charge >= 0.3 is 5.97 Å². The summed E-state index contributed by atoms with van der Waals surface area (Å²) >= 11 is 0. The third-order valence-corrected chi connectivity index (χ3v) is 5.19. The fraction of sp³-hybridized carbons (Fsp3) is 0.667. The summed E-state index contributed by atoms with van der Waals surface area (Å²) in [6.45, 7) is 14.4. The summed E-state index contributed by atoms with van der Waals surface area (Å²) in [7, 11) is 0. The summed E-state index contributed by atoms with van der Waals surface area (Å²) in [5.74, 6) is -0.0551. The SMILES string of the molecule is CC(C)N(CCOC(=O)C1(c2ccccc2)CC(C)(C)C1)C(C)C. The quantitative estimate of drug-likeness (QED) is 0.693. The van der Waals surface area contributed by atoms with Crippen LogP contribution in [0.2, 0.25) is 0 Å². The largest absolute Gasteiger partial charge is 0.464 e. The molecule has 1 aliphatic rings. The van der Waals surface area contributed by atoms with Crippen LogP contribution in [0, 0.1) is 5.41 Å². The highest BCUT2D eigenvalue weighted by Gasteiger charge is 2.56. The fourth-order valence-electron chi connectivity index (χ4n) is 4.30. The van der Waals surface area contributed by atoms with Crippen LogP contribution in [0.1, 0.15) is 59.9 Å². The van der Waals surface area contributed by atoms with Gasteiger partial charge in [-0.2, -0.15) is 0 Å². The van der Waals surface area contributed by atoms with E-state index in [4.69, 9.17) is 4.74 Å². The van der Waals surface area contributed by atoms with Crippen LogP contribution in [-0.2, 0) is 14.9 Å². The average Bonchev–Trinajstić information content (AvgIpc) is 2.48. The Labute approximate surface area is 147 Å². The minimum Gasteiger partial charge on any atom is -0.464 e. The van der Waals surface area contributed by atoms with Gasteiger partial charge in [-0.1, -0.05) is 44.2 Å². The Morgan fingerprint density at radius 1 is 1.08 bits per heavy atom. The maximum Gasteiger partial charge on any atom is 0.316 e. The van der Waals surface area contributed by atoms with E-state index in [0.717, 1.165) is 24.9 Å². The monoisotopic (exact) mass is 331 g/mol. The molecule has 0 spiro atoms. The van der Waals surface area contributed by atoms with Crippen LogP contribution in [0.3, 0.4) is 0 Å². The number of esters is 1.